The van der Waals surface area contributed by atoms with E-state index in [2.05, 4.69) is 4.98 Å². The zero-order valence-corrected chi connectivity index (χ0v) is 11.2. The van der Waals surface area contributed by atoms with Crippen molar-refractivity contribution in [1.29, 1.82) is 0 Å². The van der Waals surface area contributed by atoms with Gasteiger partial charge in [0.15, 0.2) is 0 Å². The first-order valence-electron chi connectivity index (χ1n) is 6.56. The van der Waals surface area contributed by atoms with Crippen molar-refractivity contribution in [3.05, 3.63) is 66.1 Å². The lowest BCUT2D eigenvalue weighted by Gasteiger charge is -2.11. The molecule has 0 aliphatic heterocycles. The van der Waals surface area contributed by atoms with Crippen molar-refractivity contribution in [2.24, 2.45) is 5.73 Å². The van der Waals surface area contributed by atoms with Gasteiger partial charge in [-0.05, 0) is 42.3 Å². The SMILES string of the molecule is CC(N)c1ccc(F)c(-c2cccc3ncccc23)c1. The maximum absolute atomic E-state index is 14.2. The van der Waals surface area contributed by atoms with Crippen molar-refractivity contribution in [2.45, 2.75) is 13.0 Å². The Bertz CT molecular complexity index is 761. The molecule has 0 bridgehead atoms. The summed E-state index contributed by atoms with van der Waals surface area (Å²) >= 11 is 0. The van der Waals surface area contributed by atoms with Crippen LogP contribution in [-0.2, 0) is 0 Å². The monoisotopic (exact) mass is 266 g/mol. The van der Waals surface area contributed by atoms with E-state index in [1.165, 1.54) is 6.07 Å². The maximum atomic E-state index is 14.2. The highest BCUT2D eigenvalue weighted by atomic mass is 19.1. The van der Waals surface area contributed by atoms with E-state index in [0.717, 1.165) is 22.0 Å². The average Bonchev–Trinajstić information content (AvgIpc) is 2.47. The minimum Gasteiger partial charge on any atom is -0.324 e. The van der Waals surface area contributed by atoms with Crippen molar-refractivity contribution in [1.82, 2.24) is 4.98 Å². The number of fused-ring (bicyclic) bond motifs is 1. The molecule has 3 heteroatoms. The van der Waals surface area contributed by atoms with Crippen molar-refractivity contribution in [3.63, 3.8) is 0 Å². The van der Waals surface area contributed by atoms with Crippen molar-refractivity contribution in [2.75, 3.05) is 0 Å². The summed E-state index contributed by atoms with van der Waals surface area (Å²) in [5, 5.41) is 0.940. The number of rotatable bonds is 2. The van der Waals surface area contributed by atoms with E-state index in [-0.39, 0.29) is 11.9 Å². The topological polar surface area (TPSA) is 38.9 Å². The van der Waals surface area contributed by atoms with Gasteiger partial charge >= 0.3 is 0 Å². The van der Waals surface area contributed by atoms with Gasteiger partial charge in [0.1, 0.15) is 5.82 Å². The standard InChI is InChI=1S/C17H15FN2/c1-11(19)12-7-8-16(18)15(10-12)13-4-2-6-17-14(13)5-3-9-20-17/h2-11H,19H2,1H3. The summed E-state index contributed by atoms with van der Waals surface area (Å²) in [6.07, 6.45) is 1.74. The van der Waals surface area contributed by atoms with Crippen LogP contribution in [0.1, 0.15) is 18.5 Å². The number of nitrogens with two attached hydrogens (primary N) is 1. The maximum Gasteiger partial charge on any atom is 0.131 e. The van der Waals surface area contributed by atoms with E-state index < -0.39 is 0 Å². The summed E-state index contributed by atoms with van der Waals surface area (Å²) in [6.45, 7) is 1.89. The number of halogens is 1. The van der Waals surface area contributed by atoms with Gasteiger partial charge < -0.3 is 5.73 Å². The lowest BCUT2D eigenvalue weighted by atomic mass is 9.97. The Morgan fingerprint density at radius 1 is 1.05 bits per heavy atom. The predicted octanol–water partition coefficient (Wildman–Crippen LogP) is 4.06. The molecule has 0 amide bonds. The number of aromatic nitrogens is 1. The number of benzene rings is 2. The molecule has 2 aromatic carbocycles. The third kappa shape index (κ3) is 2.17. The molecule has 20 heavy (non-hydrogen) atoms. The van der Waals surface area contributed by atoms with Crippen LogP contribution in [0.5, 0.6) is 0 Å². The summed E-state index contributed by atoms with van der Waals surface area (Å²) in [7, 11) is 0. The fourth-order valence-electron chi connectivity index (χ4n) is 2.37. The summed E-state index contributed by atoms with van der Waals surface area (Å²) in [4.78, 5) is 4.31. The van der Waals surface area contributed by atoms with Gasteiger partial charge in [0.05, 0.1) is 5.52 Å². The van der Waals surface area contributed by atoms with Crippen LogP contribution in [0.25, 0.3) is 22.0 Å². The van der Waals surface area contributed by atoms with Crippen LogP contribution < -0.4 is 5.73 Å². The Morgan fingerprint density at radius 3 is 2.70 bits per heavy atom. The molecule has 1 heterocycles. The molecule has 1 atom stereocenters. The van der Waals surface area contributed by atoms with Crippen LogP contribution in [0.15, 0.2) is 54.7 Å². The normalized spacial score (nSPS) is 12.6. The van der Waals surface area contributed by atoms with E-state index in [1.807, 2.05) is 43.3 Å². The molecule has 3 aromatic rings. The summed E-state index contributed by atoms with van der Waals surface area (Å²) in [5.41, 5.74) is 9.08. The number of hydrogen-bond donors (Lipinski definition) is 1. The Labute approximate surface area is 117 Å². The van der Waals surface area contributed by atoms with Crippen LogP contribution in [-0.4, -0.2) is 4.98 Å². The van der Waals surface area contributed by atoms with E-state index in [4.69, 9.17) is 5.73 Å². The number of pyridine rings is 1. The molecule has 2 nitrogen and oxygen atoms in total. The van der Waals surface area contributed by atoms with Gasteiger partial charge in [-0.1, -0.05) is 24.3 Å². The van der Waals surface area contributed by atoms with Crippen LogP contribution in [0, 0.1) is 5.82 Å². The Kier molecular flexibility index (Phi) is 3.20. The van der Waals surface area contributed by atoms with Gasteiger partial charge in [0, 0.05) is 23.2 Å². The highest BCUT2D eigenvalue weighted by Crippen LogP contribution is 2.31. The zero-order valence-electron chi connectivity index (χ0n) is 11.2. The first-order chi connectivity index (χ1) is 9.66. The molecule has 3 rings (SSSR count). The quantitative estimate of drug-likeness (QED) is 0.759. The van der Waals surface area contributed by atoms with E-state index >= 15 is 0 Å². The van der Waals surface area contributed by atoms with Crippen LogP contribution >= 0.6 is 0 Å². The fraction of sp³-hybridized carbons (Fsp3) is 0.118. The van der Waals surface area contributed by atoms with Crippen molar-refractivity contribution >= 4 is 10.9 Å². The van der Waals surface area contributed by atoms with Gasteiger partial charge in [0.25, 0.3) is 0 Å². The average molecular weight is 266 g/mol. The van der Waals surface area contributed by atoms with Gasteiger partial charge in [0.2, 0.25) is 0 Å². The van der Waals surface area contributed by atoms with Crippen molar-refractivity contribution < 1.29 is 4.39 Å². The van der Waals surface area contributed by atoms with Gasteiger partial charge in [-0.25, -0.2) is 4.39 Å². The zero-order chi connectivity index (χ0) is 14.1. The Hall–Kier alpha value is -2.26. The van der Waals surface area contributed by atoms with Crippen LogP contribution in [0.3, 0.4) is 0 Å². The fourth-order valence-corrected chi connectivity index (χ4v) is 2.37. The number of hydrogen-bond acceptors (Lipinski definition) is 2. The smallest absolute Gasteiger partial charge is 0.131 e. The second-order valence-corrected chi connectivity index (χ2v) is 4.90. The lowest BCUT2D eigenvalue weighted by molar-refractivity contribution is 0.629. The molecule has 0 aliphatic carbocycles. The lowest BCUT2D eigenvalue weighted by Crippen LogP contribution is -2.05. The summed E-state index contributed by atoms with van der Waals surface area (Å²) in [6, 6.07) is 14.4. The predicted molar refractivity (Wildman–Crippen MR) is 79.7 cm³/mol. The highest BCUT2D eigenvalue weighted by Gasteiger charge is 2.11. The molecule has 0 radical (unpaired) electrons. The molecule has 1 unspecified atom stereocenters. The molecule has 0 spiro atoms. The first kappa shape index (κ1) is 12.8. The van der Waals surface area contributed by atoms with E-state index in [0.29, 0.717) is 5.56 Å². The summed E-state index contributed by atoms with van der Waals surface area (Å²) in [5.74, 6) is -0.245. The highest BCUT2D eigenvalue weighted by molar-refractivity contribution is 5.94. The minimum absolute atomic E-state index is 0.123. The van der Waals surface area contributed by atoms with Crippen molar-refractivity contribution in [3.8, 4) is 11.1 Å². The van der Waals surface area contributed by atoms with Gasteiger partial charge in [-0.2, -0.15) is 0 Å². The molecule has 0 saturated heterocycles. The molecule has 2 N–H and O–H groups in total. The summed E-state index contributed by atoms with van der Waals surface area (Å²) < 4.78 is 14.2. The first-order valence-corrected chi connectivity index (χ1v) is 6.56. The molecule has 100 valence electrons. The third-order valence-electron chi connectivity index (χ3n) is 3.45. The molecule has 0 saturated carbocycles. The minimum atomic E-state index is -0.245. The van der Waals surface area contributed by atoms with E-state index in [9.17, 15) is 4.39 Å². The second-order valence-electron chi connectivity index (χ2n) is 4.90. The third-order valence-corrected chi connectivity index (χ3v) is 3.45. The molecule has 1 aromatic heterocycles. The Balaban J connectivity index is 2.28. The van der Waals surface area contributed by atoms with Crippen LogP contribution in [0.4, 0.5) is 4.39 Å². The molecule has 0 fully saturated rings. The number of nitrogens with zero attached hydrogens (tertiary/aromatic N) is 1. The Morgan fingerprint density at radius 2 is 1.90 bits per heavy atom. The molecular weight excluding hydrogens is 251 g/mol. The van der Waals surface area contributed by atoms with Gasteiger partial charge in [-0.15, -0.1) is 0 Å². The largest absolute Gasteiger partial charge is 0.324 e. The van der Waals surface area contributed by atoms with Gasteiger partial charge in [-0.3, -0.25) is 4.98 Å². The second kappa shape index (κ2) is 5.02. The molecular formula is C17H15FN2. The van der Waals surface area contributed by atoms with E-state index in [1.54, 1.807) is 12.3 Å². The van der Waals surface area contributed by atoms with Crippen LogP contribution in [0.2, 0.25) is 0 Å². The molecule has 0 aliphatic rings.